The quantitative estimate of drug-likeness (QED) is 0.841. The zero-order valence-corrected chi connectivity index (χ0v) is 11.3. The van der Waals surface area contributed by atoms with E-state index in [-0.39, 0.29) is 35.9 Å². The fraction of sp³-hybridized carbons (Fsp3) is 0.615. The van der Waals surface area contributed by atoms with Crippen molar-refractivity contribution in [3.8, 4) is 0 Å². The Morgan fingerprint density at radius 2 is 2.37 bits per heavy atom. The first-order valence-corrected chi connectivity index (χ1v) is 6.58. The molecule has 19 heavy (non-hydrogen) atoms. The van der Waals surface area contributed by atoms with Crippen molar-refractivity contribution in [2.75, 3.05) is 18.9 Å². The second-order valence-electron chi connectivity index (χ2n) is 5.16. The van der Waals surface area contributed by atoms with Crippen LogP contribution in [-0.4, -0.2) is 45.1 Å². The van der Waals surface area contributed by atoms with Gasteiger partial charge in [0.15, 0.2) is 5.69 Å². The summed E-state index contributed by atoms with van der Waals surface area (Å²) in [6, 6.07) is -0.121. The topological polar surface area (TPSA) is 92.3 Å². The van der Waals surface area contributed by atoms with Crippen molar-refractivity contribution in [2.45, 2.75) is 38.6 Å². The number of carbonyl (C=O) groups is 1. The van der Waals surface area contributed by atoms with Crippen LogP contribution in [0.25, 0.3) is 0 Å². The molecule has 1 aliphatic rings. The van der Waals surface area contributed by atoms with Crippen LogP contribution in [0.15, 0.2) is 6.20 Å². The van der Waals surface area contributed by atoms with Gasteiger partial charge in [0.25, 0.3) is 5.91 Å². The second kappa shape index (κ2) is 5.52. The molecule has 1 aromatic rings. The van der Waals surface area contributed by atoms with E-state index < -0.39 is 0 Å². The van der Waals surface area contributed by atoms with Gasteiger partial charge in [-0.3, -0.25) is 4.79 Å². The first-order valence-electron chi connectivity index (χ1n) is 6.58. The molecule has 1 aliphatic heterocycles. The fourth-order valence-corrected chi connectivity index (χ4v) is 2.28. The zero-order valence-electron chi connectivity index (χ0n) is 11.3. The van der Waals surface area contributed by atoms with Crippen molar-refractivity contribution in [1.82, 2.24) is 14.9 Å². The van der Waals surface area contributed by atoms with Crippen LogP contribution >= 0.6 is 0 Å². The van der Waals surface area contributed by atoms with E-state index in [1.54, 1.807) is 4.90 Å². The van der Waals surface area contributed by atoms with Crippen molar-refractivity contribution < 1.29 is 9.90 Å². The van der Waals surface area contributed by atoms with Gasteiger partial charge in [-0.05, 0) is 12.8 Å². The molecule has 1 fully saturated rings. The molecule has 0 bridgehead atoms. The molecule has 6 nitrogen and oxygen atoms in total. The van der Waals surface area contributed by atoms with E-state index >= 15 is 0 Å². The van der Waals surface area contributed by atoms with E-state index in [1.807, 2.05) is 13.8 Å². The minimum Gasteiger partial charge on any atom is -0.396 e. The second-order valence-corrected chi connectivity index (χ2v) is 5.16. The van der Waals surface area contributed by atoms with Crippen LogP contribution in [0, 0.1) is 0 Å². The number of likely N-dealkylation sites (tertiary alicyclic amines) is 1. The molecule has 1 unspecified atom stereocenters. The number of hydrogen-bond acceptors (Lipinski definition) is 5. The van der Waals surface area contributed by atoms with Crippen molar-refractivity contribution in [3.05, 3.63) is 17.7 Å². The Bertz CT molecular complexity index is 476. The van der Waals surface area contributed by atoms with Crippen molar-refractivity contribution in [3.63, 3.8) is 0 Å². The highest BCUT2D eigenvalue weighted by atomic mass is 16.3. The molecule has 2 rings (SSSR count). The maximum Gasteiger partial charge on any atom is 0.275 e. The van der Waals surface area contributed by atoms with Crippen LogP contribution in [0.2, 0.25) is 0 Å². The summed E-state index contributed by atoms with van der Waals surface area (Å²) in [7, 11) is 0. The number of rotatable bonds is 3. The van der Waals surface area contributed by atoms with Gasteiger partial charge in [-0.1, -0.05) is 13.8 Å². The summed E-state index contributed by atoms with van der Waals surface area (Å²) in [5, 5.41) is 9.29. The lowest BCUT2D eigenvalue weighted by molar-refractivity contribution is 0.0672. The maximum atomic E-state index is 12.5. The Labute approximate surface area is 112 Å². The highest BCUT2D eigenvalue weighted by Gasteiger charge is 2.30. The molecule has 1 amide bonds. The van der Waals surface area contributed by atoms with E-state index in [0.717, 1.165) is 12.8 Å². The lowest BCUT2D eigenvalue weighted by atomic mass is 10.2. The third-order valence-electron chi connectivity index (χ3n) is 3.40. The Morgan fingerprint density at radius 1 is 1.63 bits per heavy atom. The first-order chi connectivity index (χ1) is 9.04. The standard InChI is InChI=1S/C13H20N4O2/c1-8(2)12-15-6-10(14)11(16-12)13(19)17-5-3-4-9(17)7-18/h6,8-9,18H,3-5,7,14H2,1-2H3. The third-order valence-corrected chi connectivity index (χ3v) is 3.40. The summed E-state index contributed by atoms with van der Waals surface area (Å²) in [5.74, 6) is 0.537. The minimum absolute atomic E-state index is 0.0201. The van der Waals surface area contributed by atoms with Crippen LogP contribution in [0.3, 0.4) is 0 Å². The number of nitrogens with zero attached hydrogens (tertiary/aromatic N) is 3. The van der Waals surface area contributed by atoms with Crippen LogP contribution in [0.5, 0.6) is 0 Å². The molecule has 104 valence electrons. The van der Waals surface area contributed by atoms with Crippen molar-refractivity contribution >= 4 is 11.6 Å². The molecule has 6 heteroatoms. The average Bonchev–Trinajstić information content (AvgIpc) is 2.86. The van der Waals surface area contributed by atoms with Gasteiger partial charge in [0.2, 0.25) is 0 Å². The predicted molar refractivity (Wildman–Crippen MR) is 71.7 cm³/mol. The molecule has 0 spiro atoms. The van der Waals surface area contributed by atoms with Gasteiger partial charge in [-0.2, -0.15) is 0 Å². The van der Waals surface area contributed by atoms with Gasteiger partial charge in [0.1, 0.15) is 5.82 Å². The average molecular weight is 264 g/mol. The van der Waals surface area contributed by atoms with E-state index in [0.29, 0.717) is 12.4 Å². The molecule has 0 aromatic carbocycles. The molecule has 1 saturated heterocycles. The van der Waals surface area contributed by atoms with Gasteiger partial charge < -0.3 is 15.7 Å². The van der Waals surface area contributed by atoms with Crippen LogP contribution in [0.1, 0.15) is 48.9 Å². The smallest absolute Gasteiger partial charge is 0.275 e. The largest absolute Gasteiger partial charge is 0.396 e. The van der Waals surface area contributed by atoms with Crippen LogP contribution in [-0.2, 0) is 0 Å². The molecule has 1 atom stereocenters. The summed E-state index contributed by atoms with van der Waals surface area (Å²) < 4.78 is 0. The van der Waals surface area contributed by atoms with Gasteiger partial charge in [0, 0.05) is 12.5 Å². The summed E-state index contributed by atoms with van der Waals surface area (Å²) in [6.45, 7) is 4.55. The van der Waals surface area contributed by atoms with E-state index in [9.17, 15) is 9.90 Å². The molecule has 1 aromatic heterocycles. The normalized spacial score (nSPS) is 19.2. The third kappa shape index (κ3) is 2.68. The number of aliphatic hydroxyl groups is 1. The Morgan fingerprint density at radius 3 is 3.00 bits per heavy atom. The molecule has 3 N–H and O–H groups in total. The maximum absolute atomic E-state index is 12.5. The number of aromatic nitrogens is 2. The molecular formula is C13H20N4O2. The number of hydrogen-bond donors (Lipinski definition) is 2. The SMILES string of the molecule is CC(C)c1ncc(N)c(C(=O)N2CCCC2CO)n1. The van der Waals surface area contributed by atoms with Gasteiger partial charge in [-0.15, -0.1) is 0 Å². The number of amides is 1. The summed E-state index contributed by atoms with van der Waals surface area (Å²) in [5.41, 5.74) is 6.35. The number of carbonyl (C=O) groups excluding carboxylic acids is 1. The number of anilines is 1. The molecule has 0 saturated carbocycles. The van der Waals surface area contributed by atoms with Gasteiger partial charge >= 0.3 is 0 Å². The van der Waals surface area contributed by atoms with Crippen LogP contribution in [0.4, 0.5) is 5.69 Å². The Balaban J connectivity index is 2.30. The zero-order chi connectivity index (χ0) is 14.0. The summed E-state index contributed by atoms with van der Waals surface area (Å²) in [4.78, 5) is 22.5. The monoisotopic (exact) mass is 264 g/mol. The summed E-state index contributed by atoms with van der Waals surface area (Å²) in [6.07, 6.45) is 3.21. The van der Waals surface area contributed by atoms with E-state index in [1.165, 1.54) is 6.20 Å². The number of aliphatic hydroxyl groups excluding tert-OH is 1. The van der Waals surface area contributed by atoms with Gasteiger partial charge in [-0.25, -0.2) is 9.97 Å². The first kappa shape index (κ1) is 13.7. The van der Waals surface area contributed by atoms with Gasteiger partial charge in [0.05, 0.1) is 24.5 Å². The summed E-state index contributed by atoms with van der Waals surface area (Å²) >= 11 is 0. The number of nitrogen functional groups attached to an aromatic ring is 1. The predicted octanol–water partition coefficient (Wildman–Crippen LogP) is 0.779. The lowest BCUT2D eigenvalue weighted by Gasteiger charge is -2.23. The molecular weight excluding hydrogens is 244 g/mol. The highest BCUT2D eigenvalue weighted by molar-refractivity contribution is 5.97. The number of nitrogens with two attached hydrogens (primary N) is 1. The minimum atomic E-state index is -0.210. The molecule has 0 aliphatic carbocycles. The van der Waals surface area contributed by atoms with Crippen molar-refractivity contribution in [1.29, 1.82) is 0 Å². The van der Waals surface area contributed by atoms with Crippen molar-refractivity contribution in [2.24, 2.45) is 0 Å². The molecule has 2 heterocycles. The van der Waals surface area contributed by atoms with E-state index in [2.05, 4.69) is 9.97 Å². The Kier molecular flexibility index (Phi) is 3.99. The lowest BCUT2D eigenvalue weighted by Crippen LogP contribution is -2.38. The fourth-order valence-electron chi connectivity index (χ4n) is 2.28. The highest BCUT2D eigenvalue weighted by Crippen LogP contribution is 2.22. The van der Waals surface area contributed by atoms with E-state index in [4.69, 9.17) is 5.73 Å². The Hall–Kier alpha value is -1.69. The molecule has 0 radical (unpaired) electrons. The van der Waals surface area contributed by atoms with Crippen LogP contribution < -0.4 is 5.73 Å².